The second kappa shape index (κ2) is 12.8. The molecule has 0 radical (unpaired) electrons. The Labute approximate surface area is 249 Å². The van der Waals surface area contributed by atoms with Crippen molar-refractivity contribution in [3.8, 4) is 28.7 Å². The van der Waals surface area contributed by atoms with E-state index in [1.54, 1.807) is 25.3 Å². The molecule has 43 heavy (non-hydrogen) atoms. The number of nitrogens with zero attached hydrogens (tertiary/aromatic N) is 6. The zero-order chi connectivity index (χ0) is 29.6. The summed E-state index contributed by atoms with van der Waals surface area (Å²) in [6.07, 6.45) is 4.23. The SMILES string of the molecule is COc1ccc(-c2coc3cc(OCCCn4cc(CN5CCN(c6ccccc6C#N)CC5)nn4)ccc3c2=O)cc1. The molecule has 218 valence electrons. The normalized spacial score (nSPS) is 13.6. The van der Waals surface area contributed by atoms with Gasteiger partial charge in [-0.3, -0.25) is 14.4 Å². The third kappa shape index (κ3) is 6.37. The fraction of sp³-hybridized carbons (Fsp3) is 0.273. The Kier molecular flexibility index (Phi) is 8.33. The summed E-state index contributed by atoms with van der Waals surface area (Å²) >= 11 is 0. The molecule has 0 atom stereocenters. The smallest absolute Gasteiger partial charge is 0.200 e. The van der Waals surface area contributed by atoms with E-state index in [1.807, 2.05) is 59.4 Å². The van der Waals surface area contributed by atoms with Crippen molar-refractivity contribution in [3.05, 3.63) is 101 Å². The summed E-state index contributed by atoms with van der Waals surface area (Å²) in [5.74, 6) is 1.37. The van der Waals surface area contributed by atoms with Crippen LogP contribution in [0, 0.1) is 11.3 Å². The first-order valence-electron chi connectivity index (χ1n) is 14.3. The summed E-state index contributed by atoms with van der Waals surface area (Å²) in [5.41, 5.74) is 4.32. The summed E-state index contributed by atoms with van der Waals surface area (Å²) < 4.78 is 18.8. The van der Waals surface area contributed by atoms with Crippen molar-refractivity contribution in [2.45, 2.75) is 19.5 Å². The Morgan fingerprint density at radius 1 is 1.00 bits per heavy atom. The highest BCUT2D eigenvalue weighted by atomic mass is 16.5. The Hall–Kier alpha value is -5.14. The molecule has 0 amide bonds. The number of hydrogen-bond donors (Lipinski definition) is 0. The summed E-state index contributed by atoms with van der Waals surface area (Å²) in [6.45, 7) is 5.44. The number of piperazine rings is 1. The number of aryl methyl sites for hydroxylation is 1. The molecule has 0 aliphatic carbocycles. The highest BCUT2D eigenvalue weighted by Gasteiger charge is 2.20. The first-order chi connectivity index (χ1) is 21.1. The van der Waals surface area contributed by atoms with Crippen LogP contribution in [0.25, 0.3) is 22.1 Å². The van der Waals surface area contributed by atoms with Gasteiger partial charge in [0.15, 0.2) is 5.43 Å². The lowest BCUT2D eigenvalue weighted by molar-refractivity contribution is 0.247. The third-order valence-electron chi connectivity index (χ3n) is 7.66. The Morgan fingerprint density at radius 3 is 2.58 bits per heavy atom. The van der Waals surface area contributed by atoms with Crippen molar-refractivity contribution in [1.82, 2.24) is 19.9 Å². The topological polar surface area (TPSA) is 110 Å². The average molecular weight is 577 g/mol. The maximum Gasteiger partial charge on any atom is 0.200 e. The van der Waals surface area contributed by atoms with Gasteiger partial charge in [-0.1, -0.05) is 29.5 Å². The second-order valence-corrected chi connectivity index (χ2v) is 10.4. The van der Waals surface area contributed by atoms with E-state index in [1.165, 1.54) is 6.26 Å². The molecule has 6 rings (SSSR count). The number of ether oxygens (including phenoxy) is 2. The number of benzene rings is 3. The Balaban J connectivity index is 0.974. The van der Waals surface area contributed by atoms with E-state index in [-0.39, 0.29) is 5.43 Å². The van der Waals surface area contributed by atoms with Gasteiger partial charge < -0.3 is 18.8 Å². The quantitative estimate of drug-likeness (QED) is 0.218. The van der Waals surface area contributed by atoms with Gasteiger partial charge in [-0.25, -0.2) is 0 Å². The number of aromatic nitrogens is 3. The van der Waals surface area contributed by atoms with Crippen LogP contribution < -0.4 is 19.8 Å². The maximum absolute atomic E-state index is 13.1. The van der Waals surface area contributed by atoms with E-state index in [4.69, 9.17) is 13.9 Å². The molecule has 1 fully saturated rings. The van der Waals surface area contributed by atoms with Crippen LogP contribution in [0.2, 0.25) is 0 Å². The molecular formula is C33H32N6O4. The maximum atomic E-state index is 13.1. The van der Waals surface area contributed by atoms with Crippen LogP contribution in [0.15, 0.2) is 88.4 Å². The number of anilines is 1. The minimum atomic E-state index is -0.0915. The molecule has 10 heteroatoms. The molecular weight excluding hydrogens is 544 g/mol. The van der Waals surface area contributed by atoms with Gasteiger partial charge in [0.05, 0.1) is 41.6 Å². The monoisotopic (exact) mass is 576 g/mol. The zero-order valence-electron chi connectivity index (χ0n) is 24.0. The summed E-state index contributed by atoms with van der Waals surface area (Å²) in [7, 11) is 1.61. The van der Waals surface area contributed by atoms with Crippen LogP contribution in [0.5, 0.6) is 11.5 Å². The first-order valence-corrected chi connectivity index (χ1v) is 14.3. The number of fused-ring (bicyclic) bond motifs is 1. The molecule has 5 aromatic rings. The molecule has 0 saturated carbocycles. The average Bonchev–Trinajstić information content (AvgIpc) is 3.50. The fourth-order valence-corrected chi connectivity index (χ4v) is 5.33. The molecule has 3 aromatic carbocycles. The molecule has 0 unspecified atom stereocenters. The van der Waals surface area contributed by atoms with Gasteiger partial charge in [0, 0.05) is 58.0 Å². The van der Waals surface area contributed by atoms with Crippen LogP contribution >= 0.6 is 0 Å². The minimum Gasteiger partial charge on any atom is -0.497 e. The number of para-hydroxylation sites is 1. The Bertz CT molecular complexity index is 1800. The van der Waals surface area contributed by atoms with Gasteiger partial charge in [0.1, 0.15) is 29.4 Å². The zero-order valence-corrected chi connectivity index (χ0v) is 24.0. The van der Waals surface area contributed by atoms with E-state index in [0.29, 0.717) is 35.4 Å². The standard InChI is InChI=1S/C33H32N6O4/c1-41-27-9-7-24(8-10-27)30-23-43-32-19-28(11-12-29(32)33(30)40)42-18-4-13-39-22-26(35-36-39)21-37-14-16-38(17-15-37)31-6-3-2-5-25(31)20-34/h2-3,5-12,19,22-23H,4,13-18,21H2,1H3. The Morgan fingerprint density at radius 2 is 1.79 bits per heavy atom. The molecule has 2 aromatic heterocycles. The van der Waals surface area contributed by atoms with Crippen molar-refractivity contribution in [3.63, 3.8) is 0 Å². The molecule has 1 aliphatic heterocycles. The first kappa shape index (κ1) is 28.0. The van der Waals surface area contributed by atoms with Crippen LogP contribution in [0.3, 0.4) is 0 Å². The lowest BCUT2D eigenvalue weighted by atomic mass is 10.1. The molecule has 1 saturated heterocycles. The number of rotatable bonds is 10. The molecule has 3 heterocycles. The van der Waals surface area contributed by atoms with Crippen molar-refractivity contribution in [2.75, 3.05) is 44.8 Å². The molecule has 0 bridgehead atoms. The van der Waals surface area contributed by atoms with Crippen molar-refractivity contribution < 1.29 is 13.9 Å². The molecule has 0 N–H and O–H groups in total. The van der Waals surface area contributed by atoms with Crippen LogP contribution in [0.4, 0.5) is 5.69 Å². The highest BCUT2D eigenvalue weighted by Crippen LogP contribution is 2.25. The lowest BCUT2D eigenvalue weighted by Crippen LogP contribution is -2.46. The van der Waals surface area contributed by atoms with Crippen LogP contribution in [0.1, 0.15) is 17.7 Å². The minimum absolute atomic E-state index is 0.0915. The predicted molar refractivity (Wildman–Crippen MR) is 163 cm³/mol. The molecule has 0 spiro atoms. The van der Waals surface area contributed by atoms with E-state index in [9.17, 15) is 10.1 Å². The van der Waals surface area contributed by atoms with Crippen LogP contribution in [-0.2, 0) is 13.1 Å². The van der Waals surface area contributed by atoms with Crippen LogP contribution in [-0.4, -0.2) is 59.8 Å². The third-order valence-corrected chi connectivity index (χ3v) is 7.66. The molecule has 1 aliphatic rings. The van der Waals surface area contributed by atoms with Gasteiger partial charge >= 0.3 is 0 Å². The van der Waals surface area contributed by atoms with Crippen molar-refractivity contribution in [2.24, 2.45) is 0 Å². The summed E-state index contributed by atoms with van der Waals surface area (Å²) in [6, 6.07) is 22.7. The van der Waals surface area contributed by atoms with E-state index in [0.717, 1.165) is 67.4 Å². The second-order valence-electron chi connectivity index (χ2n) is 10.4. The number of methoxy groups -OCH3 is 1. The van der Waals surface area contributed by atoms with Gasteiger partial charge in [0.25, 0.3) is 0 Å². The summed E-state index contributed by atoms with van der Waals surface area (Å²) in [4.78, 5) is 17.7. The predicted octanol–water partition coefficient (Wildman–Crippen LogP) is 4.72. The molecule has 10 nitrogen and oxygen atoms in total. The van der Waals surface area contributed by atoms with Gasteiger partial charge in [0.2, 0.25) is 0 Å². The van der Waals surface area contributed by atoms with Gasteiger partial charge in [-0.15, -0.1) is 5.10 Å². The van der Waals surface area contributed by atoms with E-state index in [2.05, 4.69) is 26.2 Å². The van der Waals surface area contributed by atoms with Gasteiger partial charge in [-0.2, -0.15) is 5.26 Å². The van der Waals surface area contributed by atoms with E-state index >= 15 is 0 Å². The summed E-state index contributed by atoms with van der Waals surface area (Å²) in [5, 5.41) is 18.6. The lowest BCUT2D eigenvalue weighted by Gasteiger charge is -2.36. The number of hydrogen-bond acceptors (Lipinski definition) is 9. The van der Waals surface area contributed by atoms with Crippen molar-refractivity contribution >= 4 is 16.7 Å². The largest absolute Gasteiger partial charge is 0.497 e. The van der Waals surface area contributed by atoms with Gasteiger partial charge in [-0.05, 0) is 42.0 Å². The number of nitriles is 1. The highest BCUT2D eigenvalue weighted by molar-refractivity contribution is 5.82. The fourth-order valence-electron chi connectivity index (χ4n) is 5.33. The van der Waals surface area contributed by atoms with Crippen molar-refractivity contribution in [1.29, 1.82) is 5.26 Å². The van der Waals surface area contributed by atoms with E-state index < -0.39 is 0 Å².